The Morgan fingerprint density at radius 3 is 2.53 bits per heavy atom. The van der Waals surface area contributed by atoms with E-state index in [1.54, 1.807) is 12.1 Å². The maximum atomic E-state index is 11.9. The lowest BCUT2D eigenvalue weighted by atomic mass is 10.2. The van der Waals surface area contributed by atoms with Gasteiger partial charge in [-0.15, -0.1) is 0 Å². The first kappa shape index (κ1) is 14.7. The molecule has 0 spiro atoms. The first-order valence-corrected chi connectivity index (χ1v) is 7.64. The summed E-state index contributed by atoms with van der Waals surface area (Å²) in [5, 5.41) is 4.03. The van der Waals surface area contributed by atoms with Gasteiger partial charge < -0.3 is 5.32 Å². The smallest absolute Gasteiger partial charge is 0.0529 e. The zero-order valence-electron chi connectivity index (χ0n) is 10.4. The van der Waals surface area contributed by atoms with Crippen LogP contribution in [-0.4, -0.2) is 23.1 Å². The molecule has 96 valence electrons. The van der Waals surface area contributed by atoms with Crippen molar-refractivity contribution < 1.29 is 4.21 Å². The minimum Gasteiger partial charge on any atom is -0.316 e. The van der Waals surface area contributed by atoms with Crippen LogP contribution < -0.4 is 5.32 Å². The molecule has 1 aromatic carbocycles. The highest BCUT2D eigenvalue weighted by Crippen LogP contribution is 2.13. The van der Waals surface area contributed by atoms with Crippen molar-refractivity contribution in [3.05, 3.63) is 29.3 Å². The van der Waals surface area contributed by atoms with Crippen LogP contribution in [0.5, 0.6) is 0 Å². The van der Waals surface area contributed by atoms with E-state index in [1.165, 1.54) is 0 Å². The number of nitrogens with one attached hydrogen (secondary N) is 1. The molecule has 1 N–H and O–H groups in total. The van der Waals surface area contributed by atoms with Crippen molar-refractivity contribution in [1.29, 1.82) is 0 Å². The molecule has 1 aromatic rings. The molecule has 0 amide bonds. The van der Waals surface area contributed by atoms with Gasteiger partial charge in [-0.05, 0) is 49.7 Å². The fourth-order valence-electron chi connectivity index (χ4n) is 1.42. The fraction of sp³-hybridized carbons (Fsp3) is 0.538. The maximum Gasteiger partial charge on any atom is 0.0529 e. The average molecular weight is 274 g/mol. The Bertz CT molecular complexity index is 351. The summed E-state index contributed by atoms with van der Waals surface area (Å²) in [4.78, 5) is 0.859. The van der Waals surface area contributed by atoms with Crippen LogP contribution in [0.3, 0.4) is 0 Å². The van der Waals surface area contributed by atoms with Gasteiger partial charge in [0.1, 0.15) is 0 Å². The number of benzene rings is 1. The van der Waals surface area contributed by atoms with Gasteiger partial charge in [-0.3, -0.25) is 4.21 Å². The summed E-state index contributed by atoms with van der Waals surface area (Å²) >= 11 is 5.78. The van der Waals surface area contributed by atoms with E-state index in [0.29, 0.717) is 16.7 Å². The van der Waals surface area contributed by atoms with Crippen molar-refractivity contribution in [2.45, 2.75) is 25.2 Å². The lowest BCUT2D eigenvalue weighted by molar-refractivity contribution is 0.550. The van der Waals surface area contributed by atoms with Crippen molar-refractivity contribution in [3.8, 4) is 0 Å². The zero-order chi connectivity index (χ0) is 12.7. The SMILES string of the molecule is CC(C)CNCCCS(=O)c1ccc(Cl)cc1. The third-order valence-electron chi connectivity index (χ3n) is 2.31. The molecule has 0 radical (unpaired) electrons. The van der Waals surface area contributed by atoms with E-state index in [9.17, 15) is 4.21 Å². The Morgan fingerprint density at radius 1 is 1.29 bits per heavy atom. The molecule has 0 aliphatic carbocycles. The molecule has 17 heavy (non-hydrogen) atoms. The van der Waals surface area contributed by atoms with Crippen molar-refractivity contribution in [1.82, 2.24) is 5.32 Å². The van der Waals surface area contributed by atoms with E-state index in [2.05, 4.69) is 19.2 Å². The second kappa shape index (κ2) is 7.85. The quantitative estimate of drug-likeness (QED) is 0.774. The summed E-state index contributed by atoms with van der Waals surface area (Å²) in [6.07, 6.45) is 0.932. The van der Waals surface area contributed by atoms with Crippen LogP contribution in [-0.2, 0) is 10.8 Å². The molecule has 0 fully saturated rings. The Morgan fingerprint density at radius 2 is 1.94 bits per heavy atom. The van der Waals surface area contributed by atoms with Crippen molar-refractivity contribution >= 4 is 22.4 Å². The zero-order valence-corrected chi connectivity index (χ0v) is 12.0. The standard InChI is InChI=1S/C13H20ClNOS/c1-11(2)10-15-8-3-9-17(16)13-6-4-12(14)5-7-13/h4-7,11,15H,3,8-10H2,1-2H3. The van der Waals surface area contributed by atoms with Crippen molar-refractivity contribution in [2.24, 2.45) is 5.92 Å². The second-order valence-corrected chi connectivity index (χ2v) is 6.46. The molecule has 4 heteroatoms. The average Bonchev–Trinajstić information content (AvgIpc) is 2.29. The van der Waals surface area contributed by atoms with Crippen LogP contribution in [0.25, 0.3) is 0 Å². The number of hydrogen-bond acceptors (Lipinski definition) is 2. The summed E-state index contributed by atoms with van der Waals surface area (Å²) in [5.74, 6) is 1.36. The van der Waals surface area contributed by atoms with Gasteiger partial charge in [-0.2, -0.15) is 0 Å². The molecule has 0 heterocycles. The summed E-state index contributed by atoms with van der Waals surface area (Å²) < 4.78 is 11.9. The summed E-state index contributed by atoms with van der Waals surface area (Å²) in [7, 11) is -0.904. The molecule has 0 bridgehead atoms. The Labute approximate surface area is 111 Å². The molecule has 0 saturated heterocycles. The molecular weight excluding hydrogens is 254 g/mol. The highest BCUT2D eigenvalue weighted by molar-refractivity contribution is 7.85. The Kier molecular flexibility index (Phi) is 6.78. The fourth-order valence-corrected chi connectivity index (χ4v) is 2.63. The van der Waals surface area contributed by atoms with Gasteiger partial charge >= 0.3 is 0 Å². The van der Waals surface area contributed by atoms with Gasteiger partial charge in [0.2, 0.25) is 0 Å². The van der Waals surface area contributed by atoms with Crippen LogP contribution in [0.1, 0.15) is 20.3 Å². The van der Waals surface area contributed by atoms with Crippen LogP contribution in [0.15, 0.2) is 29.2 Å². The number of hydrogen-bond donors (Lipinski definition) is 1. The van der Waals surface area contributed by atoms with E-state index >= 15 is 0 Å². The van der Waals surface area contributed by atoms with Gasteiger partial charge in [0.05, 0.1) is 10.8 Å². The van der Waals surface area contributed by atoms with Gasteiger partial charge in [-0.1, -0.05) is 25.4 Å². The number of halogens is 1. The summed E-state index contributed by atoms with van der Waals surface area (Å²) in [6.45, 7) is 6.31. The van der Waals surface area contributed by atoms with Gasteiger partial charge in [0.25, 0.3) is 0 Å². The van der Waals surface area contributed by atoms with Crippen molar-refractivity contribution in [2.75, 3.05) is 18.8 Å². The topological polar surface area (TPSA) is 29.1 Å². The minimum atomic E-state index is -0.904. The molecule has 0 aliphatic heterocycles. The van der Waals surface area contributed by atoms with Crippen LogP contribution in [0, 0.1) is 5.92 Å². The monoisotopic (exact) mass is 273 g/mol. The second-order valence-electron chi connectivity index (χ2n) is 4.46. The van der Waals surface area contributed by atoms with Crippen LogP contribution in [0.2, 0.25) is 5.02 Å². The summed E-state index contributed by atoms with van der Waals surface area (Å²) in [5.41, 5.74) is 0. The van der Waals surface area contributed by atoms with E-state index in [1.807, 2.05) is 12.1 Å². The maximum absolute atomic E-state index is 11.9. The van der Waals surface area contributed by atoms with Crippen LogP contribution >= 0.6 is 11.6 Å². The molecule has 0 saturated carbocycles. The molecule has 1 rings (SSSR count). The molecule has 1 unspecified atom stereocenters. The highest BCUT2D eigenvalue weighted by Gasteiger charge is 2.03. The first-order chi connectivity index (χ1) is 8.09. The lowest BCUT2D eigenvalue weighted by Crippen LogP contribution is -2.21. The minimum absolute atomic E-state index is 0.664. The van der Waals surface area contributed by atoms with E-state index in [4.69, 9.17) is 11.6 Å². The van der Waals surface area contributed by atoms with Gasteiger partial charge in [-0.25, -0.2) is 0 Å². The molecule has 1 atom stereocenters. The molecular formula is C13H20ClNOS. The molecule has 0 aliphatic rings. The predicted octanol–water partition coefficient (Wildman–Crippen LogP) is 3.08. The summed E-state index contributed by atoms with van der Waals surface area (Å²) in [6, 6.07) is 7.23. The van der Waals surface area contributed by atoms with Crippen molar-refractivity contribution in [3.63, 3.8) is 0 Å². The Hall–Kier alpha value is -0.380. The third-order valence-corrected chi connectivity index (χ3v) is 4.02. The van der Waals surface area contributed by atoms with E-state index in [-0.39, 0.29) is 0 Å². The van der Waals surface area contributed by atoms with Gasteiger partial charge in [0, 0.05) is 15.7 Å². The molecule has 2 nitrogen and oxygen atoms in total. The lowest BCUT2D eigenvalue weighted by Gasteiger charge is -2.07. The normalized spacial score (nSPS) is 12.9. The van der Waals surface area contributed by atoms with Gasteiger partial charge in [0.15, 0.2) is 0 Å². The third kappa shape index (κ3) is 6.20. The van der Waals surface area contributed by atoms with E-state index < -0.39 is 10.8 Å². The largest absolute Gasteiger partial charge is 0.316 e. The first-order valence-electron chi connectivity index (χ1n) is 5.94. The molecule has 0 aromatic heterocycles. The highest BCUT2D eigenvalue weighted by atomic mass is 35.5. The Balaban J connectivity index is 2.23. The predicted molar refractivity (Wildman–Crippen MR) is 75.1 cm³/mol. The van der Waals surface area contributed by atoms with Crippen LogP contribution in [0.4, 0.5) is 0 Å². The number of rotatable bonds is 7. The van der Waals surface area contributed by atoms with E-state index in [0.717, 1.165) is 24.4 Å².